The van der Waals surface area contributed by atoms with Crippen LogP contribution >= 0.6 is 11.6 Å². The summed E-state index contributed by atoms with van der Waals surface area (Å²) in [5, 5.41) is 3.30. The van der Waals surface area contributed by atoms with Gasteiger partial charge in [0.2, 0.25) is 12.7 Å². The van der Waals surface area contributed by atoms with Crippen molar-refractivity contribution in [1.82, 2.24) is 5.32 Å². The Kier molecular flexibility index (Phi) is 4.88. The summed E-state index contributed by atoms with van der Waals surface area (Å²) < 4.78 is 17.0. The standard InChI is InChI=1S/C26H21ClN2O5/c27-19-8-3-1-6-16(19)24(30)28-10-5-11-29-20-9-4-2-7-17(20)26(25(29)31)14-32-21-13-23-22(12-18(21)26)33-15-34-23/h1-4,6-9,12-13H,5,10-11,14-15H2,(H,28,30). The third kappa shape index (κ3) is 3.04. The zero-order chi connectivity index (χ0) is 23.3. The molecule has 8 heteroatoms. The number of halogens is 1. The summed E-state index contributed by atoms with van der Waals surface area (Å²) in [6, 6.07) is 18.4. The predicted molar refractivity (Wildman–Crippen MR) is 126 cm³/mol. The van der Waals surface area contributed by atoms with E-state index >= 15 is 0 Å². The van der Waals surface area contributed by atoms with Crippen molar-refractivity contribution in [2.75, 3.05) is 31.4 Å². The number of carbonyl (C=O) groups is 2. The average molecular weight is 477 g/mol. The van der Waals surface area contributed by atoms with Gasteiger partial charge in [-0.05, 0) is 36.2 Å². The molecule has 0 fully saturated rings. The van der Waals surface area contributed by atoms with Gasteiger partial charge in [0.25, 0.3) is 5.91 Å². The van der Waals surface area contributed by atoms with Crippen LogP contribution in [0.5, 0.6) is 17.2 Å². The maximum Gasteiger partial charge on any atom is 0.252 e. The van der Waals surface area contributed by atoms with Crippen LogP contribution in [0.2, 0.25) is 5.02 Å². The minimum Gasteiger partial charge on any atom is -0.491 e. The molecule has 0 saturated carbocycles. The fourth-order valence-corrected chi connectivity index (χ4v) is 5.19. The Morgan fingerprint density at radius 1 is 0.971 bits per heavy atom. The van der Waals surface area contributed by atoms with Gasteiger partial charge in [0.05, 0.1) is 10.6 Å². The second kappa shape index (κ2) is 7.95. The molecule has 0 aliphatic carbocycles. The minimum absolute atomic E-state index is 0.0382. The van der Waals surface area contributed by atoms with Gasteiger partial charge in [-0.3, -0.25) is 9.59 Å². The van der Waals surface area contributed by atoms with E-state index < -0.39 is 5.41 Å². The lowest BCUT2D eigenvalue weighted by Crippen LogP contribution is -2.43. The Bertz CT molecular complexity index is 1330. The van der Waals surface area contributed by atoms with E-state index in [4.69, 9.17) is 25.8 Å². The van der Waals surface area contributed by atoms with Crippen molar-refractivity contribution in [2.45, 2.75) is 11.8 Å². The van der Waals surface area contributed by atoms with E-state index in [1.165, 1.54) is 0 Å². The van der Waals surface area contributed by atoms with E-state index in [-0.39, 0.29) is 25.2 Å². The number of rotatable bonds is 5. The third-order valence-electron chi connectivity index (χ3n) is 6.61. The monoisotopic (exact) mass is 476 g/mol. The number of hydrogen-bond donors (Lipinski definition) is 1. The lowest BCUT2D eigenvalue weighted by molar-refractivity contribution is -0.122. The summed E-state index contributed by atoms with van der Waals surface area (Å²) in [6.07, 6.45) is 0.585. The largest absolute Gasteiger partial charge is 0.491 e. The molecule has 0 saturated heterocycles. The quantitative estimate of drug-likeness (QED) is 0.565. The van der Waals surface area contributed by atoms with Crippen molar-refractivity contribution < 1.29 is 23.8 Å². The molecule has 3 aliphatic heterocycles. The lowest BCUT2D eigenvalue weighted by atomic mass is 9.77. The Balaban J connectivity index is 1.23. The highest BCUT2D eigenvalue weighted by Crippen LogP contribution is 2.54. The van der Waals surface area contributed by atoms with Gasteiger partial charge in [-0.25, -0.2) is 0 Å². The summed E-state index contributed by atoms with van der Waals surface area (Å²) in [4.78, 5) is 28.1. The molecular formula is C26H21ClN2O5. The highest BCUT2D eigenvalue weighted by Gasteiger charge is 2.57. The fraction of sp³-hybridized carbons (Fsp3) is 0.231. The number of anilines is 1. The topological polar surface area (TPSA) is 77.1 Å². The van der Waals surface area contributed by atoms with Crippen molar-refractivity contribution in [3.05, 3.63) is 82.4 Å². The Hall–Kier alpha value is -3.71. The van der Waals surface area contributed by atoms with Gasteiger partial charge in [0.1, 0.15) is 17.8 Å². The summed E-state index contributed by atoms with van der Waals surface area (Å²) in [7, 11) is 0. The second-order valence-electron chi connectivity index (χ2n) is 8.46. The second-order valence-corrected chi connectivity index (χ2v) is 8.87. The van der Waals surface area contributed by atoms with E-state index in [1.807, 2.05) is 30.3 Å². The van der Waals surface area contributed by atoms with Crippen LogP contribution in [0.1, 0.15) is 27.9 Å². The summed E-state index contributed by atoms with van der Waals surface area (Å²) >= 11 is 6.11. The normalized spacial score (nSPS) is 19.2. The van der Waals surface area contributed by atoms with Crippen LogP contribution < -0.4 is 24.4 Å². The molecule has 1 unspecified atom stereocenters. The van der Waals surface area contributed by atoms with Gasteiger partial charge < -0.3 is 24.4 Å². The molecule has 3 aromatic carbocycles. The Morgan fingerprint density at radius 3 is 2.59 bits per heavy atom. The molecular weight excluding hydrogens is 456 g/mol. The maximum absolute atomic E-state index is 13.9. The number of amides is 2. The maximum atomic E-state index is 13.9. The van der Waals surface area contributed by atoms with Crippen LogP contribution in [0.25, 0.3) is 0 Å². The Morgan fingerprint density at radius 2 is 1.74 bits per heavy atom. The number of benzene rings is 3. The predicted octanol–water partition coefficient (Wildman–Crippen LogP) is 3.91. The molecule has 0 radical (unpaired) electrons. The van der Waals surface area contributed by atoms with E-state index in [0.29, 0.717) is 47.3 Å². The van der Waals surface area contributed by atoms with Crippen molar-refractivity contribution in [1.29, 1.82) is 0 Å². The molecule has 6 rings (SSSR count). The van der Waals surface area contributed by atoms with E-state index in [0.717, 1.165) is 16.8 Å². The van der Waals surface area contributed by atoms with Gasteiger partial charge >= 0.3 is 0 Å². The highest BCUT2D eigenvalue weighted by atomic mass is 35.5. The minimum atomic E-state index is -0.923. The SMILES string of the molecule is O=C(NCCCN1C(=O)C2(COc3cc4c(cc32)OCO4)c2ccccc21)c1ccccc1Cl. The van der Waals surface area contributed by atoms with Gasteiger partial charge in [-0.15, -0.1) is 0 Å². The van der Waals surface area contributed by atoms with Crippen LogP contribution in [-0.4, -0.2) is 38.3 Å². The van der Waals surface area contributed by atoms with E-state index in [1.54, 1.807) is 35.2 Å². The Labute approximate surface area is 201 Å². The van der Waals surface area contributed by atoms with Gasteiger partial charge in [-0.1, -0.05) is 41.9 Å². The average Bonchev–Trinajstić information content (AvgIpc) is 3.52. The van der Waals surface area contributed by atoms with Crippen molar-refractivity contribution in [2.24, 2.45) is 0 Å². The zero-order valence-electron chi connectivity index (χ0n) is 18.2. The summed E-state index contributed by atoms with van der Waals surface area (Å²) in [5.41, 5.74) is 2.08. The molecule has 0 aromatic heterocycles. The fourth-order valence-electron chi connectivity index (χ4n) is 4.97. The van der Waals surface area contributed by atoms with Gasteiger partial charge in [-0.2, -0.15) is 0 Å². The van der Waals surface area contributed by atoms with Crippen LogP contribution in [-0.2, 0) is 10.2 Å². The van der Waals surface area contributed by atoms with Crippen LogP contribution in [0.15, 0.2) is 60.7 Å². The molecule has 1 atom stereocenters. The van der Waals surface area contributed by atoms with Crippen molar-refractivity contribution in [3.63, 3.8) is 0 Å². The first-order valence-corrected chi connectivity index (χ1v) is 11.5. The third-order valence-corrected chi connectivity index (χ3v) is 6.94. The molecule has 1 spiro atoms. The highest BCUT2D eigenvalue weighted by molar-refractivity contribution is 6.33. The molecule has 3 aromatic rings. The first-order valence-electron chi connectivity index (χ1n) is 11.1. The van der Waals surface area contributed by atoms with Crippen LogP contribution in [0.3, 0.4) is 0 Å². The molecule has 172 valence electrons. The summed E-state index contributed by atoms with van der Waals surface area (Å²) in [6.45, 7) is 1.25. The number of para-hydroxylation sites is 1. The van der Waals surface area contributed by atoms with E-state index in [9.17, 15) is 9.59 Å². The van der Waals surface area contributed by atoms with E-state index in [2.05, 4.69) is 5.32 Å². The number of hydrogen-bond acceptors (Lipinski definition) is 5. The molecule has 7 nitrogen and oxygen atoms in total. The molecule has 3 heterocycles. The first-order chi connectivity index (χ1) is 16.6. The molecule has 2 amide bonds. The lowest BCUT2D eigenvalue weighted by Gasteiger charge is -2.23. The van der Waals surface area contributed by atoms with Gasteiger partial charge in [0.15, 0.2) is 11.5 Å². The number of ether oxygens (including phenoxy) is 3. The van der Waals surface area contributed by atoms with Crippen LogP contribution in [0, 0.1) is 0 Å². The van der Waals surface area contributed by atoms with Crippen LogP contribution in [0.4, 0.5) is 5.69 Å². The number of carbonyl (C=O) groups excluding carboxylic acids is 2. The molecule has 34 heavy (non-hydrogen) atoms. The zero-order valence-corrected chi connectivity index (χ0v) is 18.9. The smallest absolute Gasteiger partial charge is 0.252 e. The number of fused-ring (bicyclic) bond motifs is 5. The number of nitrogens with one attached hydrogen (secondary N) is 1. The molecule has 3 aliphatic rings. The molecule has 1 N–H and O–H groups in total. The van der Waals surface area contributed by atoms with Gasteiger partial charge in [0, 0.05) is 30.4 Å². The summed E-state index contributed by atoms with van der Waals surface area (Å²) in [5.74, 6) is 1.62. The first kappa shape index (κ1) is 20.9. The number of nitrogens with zero attached hydrogens (tertiary/aromatic N) is 1. The van der Waals surface area contributed by atoms with Crippen molar-refractivity contribution in [3.8, 4) is 17.2 Å². The van der Waals surface area contributed by atoms with Crippen molar-refractivity contribution >= 4 is 29.1 Å². The molecule has 0 bridgehead atoms.